The maximum atomic E-state index is 11.8. The van der Waals surface area contributed by atoms with Gasteiger partial charge in [0.2, 0.25) is 11.9 Å². The molecule has 1 atom stereocenters. The molecule has 0 saturated carbocycles. The molecule has 1 amide bonds. The fraction of sp³-hybridized carbons (Fsp3) is 0.692. The van der Waals surface area contributed by atoms with Gasteiger partial charge in [0.05, 0.1) is 11.4 Å². The molecule has 1 aliphatic heterocycles. The number of nitrogens with one attached hydrogen (secondary N) is 2. The van der Waals surface area contributed by atoms with Crippen molar-refractivity contribution in [1.82, 2.24) is 20.5 Å². The minimum atomic E-state index is -0.0318. The standard InChI is InChI=1S/C13H21N5O/c1-9-10(2)17-18-13(15-9)16-12(19)6-5-11-4-3-7-14-8-11/h11,14H,3-8H2,1-2H3,(H,15,16,18,19). The van der Waals surface area contributed by atoms with Gasteiger partial charge in [-0.1, -0.05) is 0 Å². The Morgan fingerprint density at radius 2 is 2.21 bits per heavy atom. The van der Waals surface area contributed by atoms with Crippen LogP contribution in [-0.2, 0) is 4.79 Å². The summed E-state index contributed by atoms with van der Waals surface area (Å²) in [5, 5.41) is 13.9. The largest absolute Gasteiger partial charge is 0.316 e. The lowest BCUT2D eigenvalue weighted by Gasteiger charge is -2.22. The number of amides is 1. The van der Waals surface area contributed by atoms with Crippen molar-refractivity contribution in [3.63, 3.8) is 0 Å². The number of piperidine rings is 1. The van der Waals surface area contributed by atoms with E-state index in [2.05, 4.69) is 25.8 Å². The van der Waals surface area contributed by atoms with Gasteiger partial charge in [-0.15, -0.1) is 5.10 Å². The second-order valence-electron chi connectivity index (χ2n) is 5.11. The number of rotatable bonds is 4. The van der Waals surface area contributed by atoms with E-state index in [9.17, 15) is 4.79 Å². The Labute approximate surface area is 113 Å². The van der Waals surface area contributed by atoms with E-state index in [1.165, 1.54) is 12.8 Å². The van der Waals surface area contributed by atoms with E-state index >= 15 is 0 Å². The molecular weight excluding hydrogens is 242 g/mol. The minimum Gasteiger partial charge on any atom is -0.316 e. The van der Waals surface area contributed by atoms with Crippen molar-refractivity contribution in [1.29, 1.82) is 0 Å². The van der Waals surface area contributed by atoms with Crippen LogP contribution in [0.1, 0.15) is 37.1 Å². The Balaban J connectivity index is 1.78. The van der Waals surface area contributed by atoms with Crippen molar-refractivity contribution in [2.24, 2.45) is 5.92 Å². The van der Waals surface area contributed by atoms with E-state index in [1.807, 2.05) is 13.8 Å². The lowest BCUT2D eigenvalue weighted by atomic mass is 9.94. The smallest absolute Gasteiger partial charge is 0.249 e. The molecule has 6 heteroatoms. The Morgan fingerprint density at radius 1 is 1.37 bits per heavy atom. The van der Waals surface area contributed by atoms with Crippen LogP contribution in [0.2, 0.25) is 0 Å². The molecule has 6 nitrogen and oxygen atoms in total. The third-order valence-electron chi connectivity index (χ3n) is 3.52. The third-order valence-corrected chi connectivity index (χ3v) is 3.52. The number of hydrogen-bond donors (Lipinski definition) is 2. The van der Waals surface area contributed by atoms with Gasteiger partial charge in [0.15, 0.2) is 0 Å². The number of hydrogen-bond acceptors (Lipinski definition) is 5. The van der Waals surface area contributed by atoms with Crippen LogP contribution in [0.5, 0.6) is 0 Å². The van der Waals surface area contributed by atoms with Gasteiger partial charge in [0.1, 0.15) is 0 Å². The number of aromatic nitrogens is 3. The molecule has 1 unspecified atom stereocenters. The molecule has 1 saturated heterocycles. The zero-order valence-electron chi connectivity index (χ0n) is 11.6. The highest BCUT2D eigenvalue weighted by Gasteiger charge is 2.15. The average molecular weight is 263 g/mol. The second-order valence-corrected chi connectivity index (χ2v) is 5.11. The minimum absolute atomic E-state index is 0.0318. The molecular formula is C13H21N5O. The van der Waals surface area contributed by atoms with Crippen molar-refractivity contribution >= 4 is 11.9 Å². The van der Waals surface area contributed by atoms with Crippen LogP contribution < -0.4 is 10.6 Å². The number of carbonyl (C=O) groups excluding carboxylic acids is 1. The molecule has 2 N–H and O–H groups in total. The van der Waals surface area contributed by atoms with Crippen molar-refractivity contribution in [2.45, 2.75) is 39.5 Å². The number of nitrogens with zero attached hydrogens (tertiary/aromatic N) is 3. The predicted molar refractivity (Wildman–Crippen MR) is 72.8 cm³/mol. The van der Waals surface area contributed by atoms with Crippen LogP contribution in [-0.4, -0.2) is 34.2 Å². The topological polar surface area (TPSA) is 79.8 Å². The maximum absolute atomic E-state index is 11.8. The Hall–Kier alpha value is -1.56. The maximum Gasteiger partial charge on any atom is 0.249 e. The predicted octanol–water partition coefficient (Wildman–Crippen LogP) is 1.21. The first-order valence-electron chi connectivity index (χ1n) is 6.83. The summed E-state index contributed by atoms with van der Waals surface area (Å²) in [5.41, 5.74) is 1.58. The Kier molecular flexibility index (Phi) is 4.79. The van der Waals surface area contributed by atoms with Crippen LogP contribution in [0, 0.1) is 19.8 Å². The molecule has 1 fully saturated rings. The first-order valence-corrected chi connectivity index (χ1v) is 6.83. The normalized spacial score (nSPS) is 19.2. The van der Waals surface area contributed by atoms with Crippen molar-refractivity contribution in [3.8, 4) is 0 Å². The summed E-state index contributed by atoms with van der Waals surface area (Å²) in [6.45, 7) is 5.82. The highest BCUT2D eigenvalue weighted by Crippen LogP contribution is 2.16. The first-order chi connectivity index (χ1) is 9.15. The summed E-state index contributed by atoms with van der Waals surface area (Å²) in [5.74, 6) is 0.879. The SMILES string of the molecule is Cc1nnc(NC(=O)CCC2CCCNC2)nc1C. The van der Waals surface area contributed by atoms with E-state index in [0.717, 1.165) is 30.9 Å². The van der Waals surface area contributed by atoms with E-state index in [0.29, 0.717) is 18.3 Å². The van der Waals surface area contributed by atoms with E-state index in [1.54, 1.807) is 0 Å². The van der Waals surface area contributed by atoms with Crippen molar-refractivity contribution in [2.75, 3.05) is 18.4 Å². The van der Waals surface area contributed by atoms with Crippen LogP contribution in [0.25, 0.3) is 0 Å². The van der Waals surface area contributed by atoms with Crippen LogP contribution in [0.4, 0.5) is 5.95 Å². The van der Waals surface area contributed by atoms with Gasteiger partial charge in [-0.2, -0.15) is 5.10 Å². The van der Waals surface area contributed by atoms with Gasteiger partial charge in [-0.3, -0.25) is 10.1 Å². The summed E-state index contributed by atoms with van der Waals surface area (Å²) in [7, 11) is 0. The molecule has 1 aromatic rings. The third kappa shape index (κ3) is 4.24. The average Bonchev–Trinajstić information content (AvgIpc) is 2.42. The van der Waals surface area contributed by atoms with Crippen LogP contribution >= 0.6 is 0 Å². The quantitative estimate of drug-likeness (QED) is 0.853. The molecule has 2 rings (SSSR count). The molecule has 1 aromatic heterocycles. The van der Waals surface area contributed by atoms with Gasteiger partial charge >= 0.3 is 0 Å². The summed E-state index contributed by atoms with van der Waals surface area (Å²) in [4.78, 5) is 16.0. The highest BCUT2D eigenvalue weighted by molar-refractivity contribution is 5.88. The summed E-state index contributed by atoms with van der Waals surface area (Å²) < 4.78 is 0. The van der Waals surface area contributed by atoms with Gasteiger partial charge < -0.3 is 5.32 Å². The van der Waals surface area contributed by atoms with Crippen molar-refractivity contribution in [3.05, 3.63) is 11.4 Å². The second kappa shape index (κ2) is 6.56. The zero-order chi connectivity index (χ0) is 13.7. The molecule has 2 heterocycles. The van der Waals surface area contributed by atoms with E-state index in [-0.39, 0.29) is 5.91 Å². The van der Waals surface area contributed by atoms with Crippen molar-refractivity contribution < 1.29 is 4.79 Å². The zero-order valence-corrected chi connectivity index (χ0v) is 11.6. The first kappa shape index (κ1) is 13.9. The summed E-state index contributed by atoms with van der Waals surface area (Å²) in [6.07, 6.45) is 3.85. The molecule has 0 spiro atoms. The number of carbonyl (C=O) groups is 1. The molecule has 104 valence electrons. The highest BCUT2D eigenvalue weighted by atomic mass is 16.1. The van der Waals surface area contributed by atoms with Gasteiger partial charge in [-0.05, 0) is 52.1 Å². The van der Waals surface area contributed by atoms with Crippen LogP contribution in [0.3, 0.4) is 0 Å². The lowest BCUT2D eigenvalue weighted by molar-refractivity contribution is -0.116. The molecule has 0 aliphatic carbocycles. The van der Waals surface area contributed by atoms with Gasteiger partial charge in [0, 0.05) is 6.42 Å². The summed E-state index contributed by atoms with van der Waals surface area (Å²) >= 11 is 0. The van der Waals surface area contributed by atoms with E-state index < -0.39 is 0 Å². The van der Waals surface area contributed by atoms with Crippen LogP contribution in [0.15, 0.2) is 0 Å². The number of anilines is 1. The molecule has 0 aromatic carbocycles. The Bertz CT molecular complexity index is 443. The molecule has 0 radical (unpaired) electrons. The molecule has 1 aliphatic rings. The Morgan fingerprint density at radius 3 is 2.89 bits per heavy atom. The lowest BCUT2D eigenvalue weighted by Crippen LogP contribution is -2.30. The van der Waals surface area contributed by atoms with Gasteiger partial charge in [0.25, 0.3) is 0 Å². The fourth-order valence-electron chi connectivity index (χ4n) is 2.20. The monoisotopic (exact) mass is 263 g/mol. The van der Waals surface area contributed by atoms with Gasteiger partial charge in [-0.25, -0.2) is 4.98 Å². The summed E-state index contributed by atoms with van der Waals surface area (Å²) in [6, 6.07) is 0. The fourth-order valence-corrected chi connectivity index (χ4v) is 2.20. The molecule has 0 bridgehead atoms. The van der Waals surface area contributed by atoms with E-state index in [4.69, 9.17) is 0 Å². The molecule has 19 heavy (non-hydrogen) atoms. The number of aryl methyl sites for hydroxylation is 2.